The summed E-state index contributed by atoms with van der Waals surface area (Å²) in [5.41, 5.74) is 3.32. The molecule has 5 aromatic rings. The number of aromatic amines is 1. The average Bonchev–Trinajstić information content (AvgIpc) is 3.63. The Hall–Kier alpha value is -4.57. The number of rotatable bonds is 6. The van der Waals surface area contributed by atoms with Crippen molar-refractivity contribution < 1.29 is 9.21 Å². The van der Waals surface area contributed by atoms with Gasteiger partial charge in [0, 0.05) is 37.3 Å². The van der Waals surface area contributed by atoms with Gasteiger partial charge in [-0.15, -0.1) is 5.10 Å². The Morgan fingerprint density at radius 2 is 1.84 bits per heavy atom. The van der Waals surface area contributed by atoms with Crippen LogP contribution in [0, 0.1) is 6.92 Å². The first-order valence-electron chi connectivity index (χ1n) is 12.6. The smallest absolute Gasteiger partial charge is 0.289 e. The van der Waals surface area contributed by atoms with Crippen LogP contribution in [0.15, 0.2) is 82.2 Å². The van der Waals surface area contributed by atoms with Crippen LogP contribution >= 0.6 is 0 Å². The number of nitrogens with zero attached hydrogens (tertiary/aromatic N) is 6. The lowest BCUT2D eigenvalue weighted by atomic mass is 10.0. The maximum absolute atomic E-state index is 13.5. The summed E-state index contributed by atoms with van der Waals surface area (Å²) >= 11 is 0. The highest BCUT2D eigenvalue weighted by atomic mass is 16.3. The molecule has 6 rings (SSSR count). The van der Waals surface area contributed by atoms with Crippen molar-refractivity contribution in [2.45, 2.75) is 19.5 Å². The summed E-state index contributed by atoms with van der Waals surface area (Å²) < 4.78 is 7.06. The number of H-pyrrole nitrogens is 1. The first kappa shape index (κ1) is 23.8. The fourth-order valence-electron chi connectivity index (χ4n) is 5.06. The minimum Gasteiger partial charge on any atom is -0.459 e. The standard InChI is InChI=1S/C28H27N7O3/c1-19-9-10-23-21(16-19)17-22(27(36)29-23)25(26-30-31-32-35(26)18-20-6-3-2-4-7-20)33-11-13-34(14-12-33)28(37)24-8-5-15-38-24/h2-10,15-17,25H,11-14,18H2,1H3,(H,29,36). The molecule has 38 heavy (non-hydrogen) atoms. The summed E-state index contributed by atoms with van der Waals surface area (Å²) in [5, 5.41) is 13.6. The van der Waals surface area contributed by atoms with Gasteiger partial charge in [-0.3, -0.25) is 14.5 Å². The Labute approximate surface area is 218 Å². The number of carbonyl (C=O) groups excluding carboxylic acids is 1. The number of carbonyl (C=O) groups is 1. The Kier molecular flexibility index (Phi) is 6.30. The summed E-state index contributed by atoms with van der Waals surface area (Å²) in [6.07, 6.45) is 1.50. The number of aromatic nitrogens is 5. The second kappa shape index (κ2) is 10.1. The van der Waals surface area contributed by atoms with Crippen molar-refractivity contribution in [3.05, 3.63) is 112 Å². The molecule has 1 N–H and O–H groups in total. The molecular formula is C28H27N7O3. The van der Waals surface area contributed by atoms with E-state index in [0.717, 1.165) is 22.0 Å². The van der Waals surface area contributed by atoms with E-state index in [0.29, 0.717) is 49.9 Å². The van der Waals surface area contributed by atoms with E-state index in [1.807, 2.05) is 55.5 Å². The van der Waals surface area contributed by atoms with E-state index >= 15 is 0 Å². The number of pyridine rings is 1. The van der Waals surface area contributed by atoms with Crippen molar-refractivity contribution in [2.75, 3.05) is 26.2 Å². The zero-order valence-corrected chi connectivity index (χ0v) is 20.9. The summed E-state index contributed by atoms with van der Waals surface area (Å²) in [4.78, 5) is 33.3. The molecule has 0 bridgehead atoms. The van der Waals surface area contributed by atoms with E-state index in [4.69, 9.17) is 4.42 Å². The Morgan fingerprint density at radius 1 is 1.03 bits per heavy atom. The maximum Gasteiger partial charge on any atom is 0.289 e. The van der Waals surface area contributed by atoms with Crippen LogP contribution in [0.3, 0.4) is 0 Å². The molecule has 1 aliphatic heterocycles. The van der Waals surface area contributed by atoms with Crippen molar-refractivity contribution in [3.63, 3.8) is 0 Å². The normalized spacial score (nSPS) is 15.1. The minimum atomic E-state index is -0.497. The number of furan rings is 1. The van der Waals surface area contributed by atoms with Gasteiger partial charge in [-0.1, -0.05) is 42.0 Å². The number of amides is 1. The zero-order chi connectivity index (χ0) is 26.1. The zero-order valence-electron chi connectivity index (χ0n) is 20.9. The number of fused-ring (bicyclic) bond motifs is 1. The van der Waals surface area contributed by atoms with Crippen molar-refractivity contribution in [1.82, 2.24) is 35.0 Å². The molecule has 10 nitrogen and oxygen atoms in total. The molecule has 4 heterocycles. The van der Waals surface area contributed by atoms with Crippen LogP contribution in [0.5, 0.6) is 0 Å². The van der Waals surface area contributed by atoms with Crippen LogP contribution in [-0.2, 0) is 6.54 Å². The van der Waals surface area contributed by atoms with Crippen LogP contribution in [0.25, 0.3) is 10.9 Å². The fourth-order valence-corrected chi connectivity index (χ4v) is 5.06. The highest BCUT2D eigenvalue weighted by Gasteiger charge is 2.34. The van der Waals surface area contributed by atoms with Gasteiger partial charge < -0.3 is 14.3 Å². The van der Waals surface area contributed by atoms with Gasteiger partial charge in [0.15, 0.2) is 11.6 Å². The molecule has 3 aromatic heterocycles. The van der Waals surface area contributed by atoms with Crippen molar-refractivity contribution >= 4 is 16.8 Å². The lowest BCUT2D eigenvalue weighted by Gasteiger charge is -2.38. The Morgan fingerprint density at radius 3 is 2.61 bits per heavy atom. The summed E-state index contributed by atoms with van der Waals surface area (Å²) in [6.45, 7) is 4.56. The summed E-state index contributed by atoms with van der Waals surface area (Å²) in [7, 11) is 0. The van der Waals surface area contributed by atoms with Crippen LogP contribution < -0.4 is 5.56 Å². The molecule has 1 unspecified atom stereocenters. The third kappa shape index (κ3) is 4.61. The van der Waals surface area contributed by atoms with Crippen LogP contribution in [0.4, 0.5) is 0 Å². The average molecular weight is 510 g/mol. The van der Waals surface area contributed by atoms with E-state index in [-0.39, 0.29) is 11.5 Å². The molecular weight excluding hydrogens is 482 g/mol. The van der Waals surface area contributed by atoms with Crippen LogP contribution in [0.2, 0.25) is 0 Å². The predicted molar refractivity (Wildman–Crippen MR) is 141 cm³/mol. The Bertz CT molecular complexity index is 1620. The summed E-state index contributed by atoms with van der Waals surface area (Å²) in [5.74, 6) is 0.763. The van der Waals surface area contributed by atoms with E-state index < -0.39 is 6.04 Å². The molecule has 1 saturated heterocycles. The number of tetrazole rings is 1. The minimum absolute atomic E-state index is 0.140. The van der Waals surface area contributed by atoms with Gasteiger partial charge in [-0.05, 0) is 58.6 Å². The molecule has 1 atom stereocenters. The monoisotopic (exact) mass is 509 g/mol. The summed E-state index contributed by atoms with van der Waals surface area (Å²) in [6, 6.07) is 20.7. The van der Waals surface area contributed by atoms with Gasteiger partial charge in [-0.25, -0.2) is 4.68 Å². The van der Waals surface area contributed by atoms with Gasteiger partial charge in [-0.2, -0.15) is 0 Å². The molecule has 10 heteroatoms. The topological polar surface area (TPSA) is 113 Å². The molecule has 1 amide bonds. The van der Waals surface area contributed by atoms with Gasteiger partial charge in [0.25, 0.3) is 11.5 Å². The van der Waals surface area contributed by atoms with E-state index in [1.54, 1.807) is 21.7 Å². The second-order valence-corrected chi connectivity index (χ2v) is 9.53. The van der Waals surface area contributed by atoms with Crippen molar-refractivity contribution in [1.29, 1.82) is 0 Å². The van der Waals surface area contributed by atoms with Gasteiger partial charge in [0.05, 0.1) is 12.8 Å². The van der Waals surface area contributed by atoms with E-state index in [1.165, 1.54) is 6.26 Å². The number of piperazine rings is 1. The molecule has 0 spiro atoms. The lowest BCUT2D eigenvalue weighted by molar-refractivity contribution is 0.0558. The molecule has 0 radical (unpaired) electrons. The lowest BCUT2D eigenvalue weighted by Crippen LogP contribution is -2.50. The number of nitrogens with one attached hydrogen (secondary N) is 1. The number of hydrogen-bond acceptors (Lipinski definition) is 7. The molecule has 0 saturated carbocycles. The predicted octanol–water partition coefficient (Wildman–Crippen LogP) is 3.01. The molecule has 192 valence electrons. The first-order valence-corrected chi connectivity index (χ1v) is 12.6. The second-order valence-electron chi connectivity index (χ2n) is 9.53. The highest BCUT2D eigenvalue weighted by molar-refractivity contribution is 5.91. The van der Waals surface area contributed by atoms with E-state index in [2.05, 4.69) is 31.5 Å². The number of aryl methyl sites for hydroxylation is 1. The van der Waals surface area contributed by atoms with Gasteiger partial charge >= 0.3 is 0 Å². The quantitative estimate of drug-likeness (QED) is 0.374. The van der Waals surface area contributed by atoms with E-state index in [9.17, 15) is 9.59 Å². The molecule has 0 aliphatic carbocycles. The fraction of sp³-hybridized carbons (Fsp3) is 0.250. The molecule has 2 aromatic carbocycles. The van der Waals surface area contributed by atoms with Gasteiger partial charge in [0.2, 0.25) is 0 Å². The number of hydrogen-bond donors (Lipinski definition) is 1. The third-order valence-corrected chi connectivity index (χ3v) is 7.00. The third-order valence-electron chi connectivity index (χ3n) is 7.00. The maximum atomic E-state index is 13.5. The molecule has 1 fully saturated rings. The van der Waals surface area contributed by atoms with Crippen molar-refractivity contribution in [2.24, 2.45) is 0 Å². The Balaban J connectivity index is 1.37. The first-order chi connectivity index (χ1) is 18.6. The SMILES string of the molecule is Cc1ccc2[nH]c(=O)c(C(c3nnnn3Cc3ccccc3)N3CCN(C(=O)c4ccco4)CC3)cc2c1. The highest BCUT2D eigenvalue weighted by Crippen LogP contribution is 2.28. The number of benzene rings is 2. The van der Waals surface area contributed by atoms with Crippen LogP contribution in [-0.4, -0.2) is 67.1 Å². The van der Waals surface area contributed by atoms with Gasteiger partial charge in [0.1, 0.15) is 6.04 Å². The van der Waals surface area contributed by atoms with Crippen molar-refractivity contribution in [3.8, 4) is 0 Å². The molecule has 1 aliphatic rings. The largest absolute Gasteiger partial charge is 0.459 e. The van der Waals surface area contributed by atoms with Crippen LogP contribution in [0.1, 0.15) is 39.1 Å².